The quantitative estimate of drug-likeness (QED) is 0.545. The molecule has 1 unspecified atom stereocenters. The third kappa shape index (κ3) is 5.25. The molecule has 4 rings (SSSR count). The van der Waals surface area contributed by atoms with Gasteiger partial charge in [-0.15, -0.1) is 0 Å². The predicted molar refractivity (Wildman–Crippen MR) is 114 cm³/mol. The Balaban J connectivity index is 1.63. The van der Waals surface area contributed by atoms with Gasteiger partial charge in [0.2, 0.25) is 0 Å². The molecular formula is C22H22F4N4O3. The molecule has 2 aromatic carbocycles. The summed E-state index contributed by atoms with van der Waals surface area (Å²) >= 11 is 0. The van der Waals surface area contributed by atoms with Gasteiger partial charge in [0.25, 0.3) is 0 Å². The maximum Gasteiger partial charge on any atom is 0.419 e. The zero-order chi connectivity index (χ0) is 23.6. The standard InChI is InChI=1S/C22H22F4N4O3/c1-30-5-6-32-14(10-30)11-33-20-8-15-18(9-19(20)31-2)27-12-28-21(15)29-13-3-4-17(23)16(7-13)22(24,25)26/h3-4,7-9,12,14H,5-6,10-11H2,1-2H3,(H,27,28,29). The Labute approximate surface area is 187 Å². The summed E-state index contributed by atoms with van der Waals surface area (Å²) in [5.41, 5.74) is -0.849. The Morgan fingerprint density at radius 1 is 1.18 bits per heavy atom. The van der Waals surface area contributed by atoms with Crippen molar-refractivity contribution in [3.63, 3.8) is 0 Å². The first kappa shape index (κ1) is 23.0. The molecule has 1 aromatic heterocycles. The van der Waals surface area contributed by atoms with E-state index in [-0.39, 0.29) is 24.2 Å². The lowest BCUT2D eigenvalue weighted by molar-refractivity contribution is -0.139. The van der Waals surface area contributed by atoms with Gasteiger partial charge in [0.1, 0.15) is 30.7 Å². The number of benzene rings is 2. The average Bonchev–Trinajstić information content (AvgIpc) is 2.78. The smallest absolute Gasteiger partial charge is 0.419 e. The first-order valence-corrected chi connectivity index (χ1v) is 10.1. The third-order valence-electron chi connectivity index (χ3n) is 5.22. The number of hydrogen-bond acceptors (Lipinski definition) is 7. The Morgan fingerprint density at radius 3 is 2.73 bits per heavy atom. The van der Waals surface area contributed by atoms with Crippen LogP contribution in [0.25, 0.3) is 10.9 Å². The molecule has 0 aliphatic carbocycles. The molecule has 0 bridgehead atoms. The molecule has 0 saturated carbocycles. The van der Waals surface area contributed by atoms with Gasteiger partial charge in [-0.05, 0) is 31.3 Å². The molecule has 1 aliphatic heterocycles. The second kappa shape index (κ2) is 9.36. The Bertz CT molecular complexity index is 1140. The van der Waals surface area contributed by atoms with Gasteiger partial charge in [0.15, 0.2) is 11.5 Å². The predicted octanol–water partition coefficient (Wildman–Crippen LogP) is 4.25. The van der Waals surface area contributed by atoms with Crippen molar-refractivity contribution >= 4 is 22.4 Å². The molecule has 1 fully saturated rings. The van der Waals surface area contributed by atoms with Crippen LogP contribution in [0, 0.1) is 5.82 Å². The average molecular weight is 466 g/mol. The summed E-state index contributed by atoms with van der Waals surface area (Å²) in [4.78, 5) is 10.5. The van der Waals surface area contributed by atoms with Crippen LogP contribution in [0.4, 0.5) is 29.1 Å². The van der Waals surface area contributed by atoms with Crippen molar-refractivity contribution in [3.05, 3.63) is 48.0 Å². The van der Waals surface area contributed by atoms with Crippen LogP contribution in [0.1, 0.15) is 5.56 Å². The minimum absolute atomic E-state index is 0.0284. The lowest BCUT2D eigenvalue weighted by Crippen LogP contribution is -2.42. The van der Waals surface area contributed by atoms with Crippen LogP contribution in [0.15, 0.2) is 36.7 Å². The van der Waals surface area contributed by atoms with E-state index in [1.807, 2.05) is 7.05 Å². The number of fused-ring (bicyclic) bond motifs is 1. The lowest BCUT2D eigenvalue weighted by atomic mass is 10.1. The zero-order valence-corrected chi connectivity index (χ0v) is 17.9. The van der Waals surface area contributed by atoms with Crippen LogP contribution >= 0.6 is 0 Å². The van der Waals surface area contributed by atoms with E-state index in [0.717, 1.165) is 19.2 Å². The highest BCUT2D eigenvalue weighted by Crippen LogP contribution is 2.36. The summed E-state index contributed by atoms with van der Waals surface area (Å²) in [6.07, 6.45) is -3.67. The van der Waals surface area contributed by atoms with Crippen molar-refractivity contribution < 1.29 is 31.8 Å². The fourth-order valence-corrected chi connectivity index (χ4v) is 3.54. The van der Waals surface area contributed by atoms with Crippen LogP contribution in [-0.4, -0.2) is 61.4 Å². The molecular weight excluding hydrogens is 444 g/mol. The molecule has 1 N–H and O–H groups in total. The maximum atomic E-state index is 13.6. The first-order chi connectivity index (χ1) is 15.7. The first-order valence-electron chi connectivity index (χ1n) is 10.1. The van der Waals surface area contributed by atoms with Gasteiger partial charge < -0.3 is 24.4 Å². The number of anilines is 2. The highest BCUT2D eigenvalue weighted by molar-refractivity contribution is 5.93. The summed E-state index contributed by atoms with van der Waals surface area (Å²) in [5, 5.41) is 3.31. The second-order valence-electron chi connectivity index (χ2n) is 7.63. The third-order valence-corrected chi connectivity index (χ3v) is 5.22. The highest BCUT2D eigenvalue weighted by Gasteiger charge is 2.34. The number of ether oxygens (including phenoxy) is 3. The van der Waals surface area contributed by atoms with Crippen LogP contribution in [-0.2, 0) is 10.9 Å². The molecule has 7 nitrogen and oxygen atoms in total. The molecule has 2 heterocycles. The van der Waals surface area contributed by atoms with Crippen molar-refractivity contribution in [1.29, 1.82) is 0 Å². The maximum absolute atomic E-state index is 13.6. The number of nitrogens with zero attached hydrogens (tertiary/aromatic N) is 3. The minimum Gasteiger partial charge on any atom is -0.493 e. The number of morpholine rings is 1. The molecule has 1 atom stereocenters. The van der Waals surface area contributed by atoms with Gasteiger partial charge in [-0.1, -0.05) is 0 Å². The fraction of sp³-hybridized carbons (Fsp3) is 0.364. The van der Waals surface area contributed by atoms with Gasteiger partial charge in [0, 0.05) is 30.2 Å². The van der Waals surface area contributed by atoms with E-state index in [1.165, 1.54) is 19.5 Å². The second-order valence-corrected chi connectivity index (χ2v) is 7.63. The van der Waals surface area contributed by atoms with E-state index in [1.54, 1.807) is 12.1 Å². The summed E-state index contributed by atoms with van der Waals surface area (Å²) in [5.74, 6) is -0.260. The normalized spacial score (nSPS) is 17.2. The number of hydrogen-bond donors (Lipinski definition) is 1. The number of nitrogens with one attached hydrogen (secondary N) is 1. The Morgan fingerprint density at radius 2 is 2.00 bits per heavy atom. The summed E-state index contributed by atoms with van der Waals surface area (Å²) in [6, 6.07) is 5.96. The summed E-state index contributed by atoms with van der Waals surface area (Å²) in [6.45, 7) is 2.47. The van der Waals surface area contributed by atoms with E-state index in [9.17, 15) is 17.6 Å². The van der Waals surface area contributed by atoms with Gasteiger partial charge in [0.05, 0.1) is 24.8 Å². The minimum atomic E-state index is -4.82. The van der Waals surface area contributed by atoms with Gasteiger partial charge in [-0.25, -0.2) is 14.4 Å². The molecule has 1 saturated heterocycles. The number of methoxy groups -OCH3 is 1. The lowest BCUT2D eigenvalue weighted by Gasteiger charge is -2.30. The van der Waals surface area contributed by atoms with Crippen LogP contribution in [0.5, 0.6) is 11.5 Å². The zero-order valence-electron chi connectivity index (χ0n) is 17.9. The summed E-state index contributed by atoms with van der Waals surface area (Å²) < 4.78 is 70.0. The van der Waals surface area contributed by atoms with Gasteiger partial charge in [-0.3, -0.25) is 0 Å². The van der Waals surface area contributed by atoms with Crippen molar-refractivity contribution in [2.75, 3.05) is 45.8 Å². The van der Waals surface area contributed by atoms with E-state index in [2.05, 4.69) is 20.2 Å². The van der Waals surface area contributed by atoms with Crippen LogP contribution < -0.4 is 14.8 Å². The number of rotatable bonds is 6. The van der Waals surface area contributed by atoms with E-state index < -0.39 is 17.6 Å². The van der Waals surface area contributed by atoms with Gasteiger partial charge >= 0.3 is 6.18 Å². The SMILES string of the molecule is COc1cc2ncnc(Nc3ccc(F)c(C(F)(F)F)c3)c2cc1OCC1CN(C)CCO1. The number of aromatic nitrogens is 2. The van der Waals surface area contributed by atoms with Crippen molar-refractivity contribution in [1.82, 2.24) is 14.9 Å². The number of halogens is 4. The molecule has 3 aromatic rings. The summed E-state index contributed by atoms with van der Waals surface area (Å²) in [7, 11) is 3.50. The molecule has 33 heavy (non-hydrogen) atoms. The Kier molecular flexibility index (Phi) is 6.52. The van der Waals surface area contributed by atoms with E-state index in [0.29, 0.717) is 35.1 Å². The molecule has 11 heteroatoms. The van der Waals surface area contributed by atoms with Crippen molar-refractivity contribution in [2.24, 2.45) is 0 Å². The largest absolute Gasteiger partial charge is 0.493 e. The molecule has 176 valence electrons. The molecule has 1 aliphatic rings. The highest BCUT2D eigenvalue weighted by atomic mass is 19.4. The number of likely N-dealkylation sites (N-methyl/N-ethyl adjacent to an activating group) is 1. The monoisotopic (exact) mass is 466 g/mol. The molecule has 0 amide bonds. The van der Waals surface area contributed by atoms with E-state index in [4.69, 9.17) is 14.2 Å². The topological polar surface area (TPSA) is 68.7 Å². The number of alkyl halides is 3. The van der Waals surface area contributed by atoms with Crippen molar-refractivity contribution in [2.45, 2.75) is 12.3 Å². The van der Waals surface area contributed by atoms with E-state index >= 15 is 0 Å². The van der Waals surface area contributed by atoms with Gasteiger partial charge in [-0.2, -0.15) is 13.2 Å². The Hall–Kier alpha value is -3.18. The molecule has 0 radical (unpaired) electrons. The van der Waals surface area contributed by atoms with Crippen molar-refractivity contribution in [3.8, 4) is 11.5 Å². The fourth-order valence-electron chi connectivity index (χ4n) is 3.54. The van der Waals surface area contributed by atoms with Crippen LogP contribution in [0.3, 0.4) is 0 Å². The van der Waals surface area contributed by atoms with Crippen LogP contribution in [0.2, 0.25) is 0 Å². The molecule has 0 spiro atoms.